The lowest BCUT2D eigenvalue weighted by Crippen LogP contribution is -2.19. The van der Waals surface area contributed by atoms with Crippen molar-refractivity contribution in [1.82, 2.24) is 5.32 Å². The second-order valence-corrected chi connectivity index (χ2v) is 5.37. The van der Waals surface area contributed by atoms with Gasteiger partial charge in [0.05, 0.1) is 0 Å². The summed E-state index contributed by atoms with van der Waals surface area (Å²) in [4.78, 5) is 0. The van der Waals surface area contributed by atoms with Gasteiger partial charge in [-0.3, -0.25) is 0 Å². The van der Waals surface area contributed by atoms with E-state index in [1.54, 1.807) is 5.54 Å². The molecule has 104 valence electrons. The second-order valence-electron chi connectivity index (χ2n) is 5.15. The van der Waals surface area contributed by atoms with Crippen LogP contribution in [0.25, 0.3) is 0 Å². The van der Waals surface area contributed by atoms with Crippen LogP contribution in [0.15, 0.2) is 29.3 Å². The van der Waals surface area contributed by atoms with Crippen molar-refractivity contribution in [2.75, 3.05) is 13.2 Å². The molecule has 2 rings (SSSR count). The zero-order valence-electron chi connectivity index (χ0n) is 11.7. The van der Waals surface area contributed by atoms with Gasteiger partial charge in [0.2, 0.25) is 0 Å². The largest absolute Gasteiger partial charge is 0.489 e. The van der Waals surface area contributed by atoms with Crippen LogP contribution in [0.2, 0.25) is 0 Å². The summed E-state index contributed by atoms with van der Waals surface area (Å²) >= 11 is 5.63. The maximum atomic E-state index is 5.73. The summed E-state index contributed by atoms with van der Waals surface area (Å²) < 4.78 is 5.73. The van der Waals surface area contributed by atoms with Crippen LogP contribution < -0.4 is 10.1 Å². The quantitative estimate of drug-likeness (QED) is 0.843. The Morgan fingerprint density at radius 1 is 1.53 bits per heavy atom. The fourth-order valence-corrected chi connectivity index (χ4v) is 2.51. The summed E-state index contributed by atoms with van der Waals surface area (Å²) in [5, 5.41) is 3.60. The molecule has 0 bridgehead atoms. The van der Waals surface area contributed by atoms with Crippen LogP contribution in [0.1, 0.15) is 43.9 Å². The van der Waals surface area contributed by atoms with Gasteiger partial charge in [0.25, 0.3) is 0 Å². The lowest BCUT2D eigenvalue weighted by Gasteiger charge is -2.14. The number of rotatable bonds is 6. The Hall–Kier alpha value is -0.990. The number of nitrogens with one attached hydrogen (secondary N) is 1. The summed E-state index contributed by atoms with van der Waals surface area (Å²) in [6.07, 6.45) is 3.51. The summed E-state index contributed by atoms with van der Waals surface area (Å²) in [7, 11) is 0. The molecule has 0 amide bonds. The Balaban J connectivity index is 2.01. The van der Waals surface area contributed by atoms with E-state index in [0.29, 0.717) is 12.6 Å². The molecule has 19 heavy (non-hydrogen) atoms. The maximum absolute atomic E-state index is 5.73. The van der Waals surface area contributed by atoms with Crippen LogP contribution in [0.5, 0.6) is 5.75 Å². The van der Waals surface area contributed by atoms with Crippen molar-refractivity contribution in [2.24, 2.45) is 0 Å². The zero-order chi connectivity index (χ0) is 13.7. The molecule has 2 nitrogen and oxygen atoms in total. The van der Waals surface area contributed by atoms with Crippen molar-refractivity contribution in [3.63, 3.8) is 0 Å². The van der Waals surface area contributed by atoms with E-state index in [9.17, 15) is 0 Å². The van der Waals surface area contributed by atoms with Crippen molar-refractivity contribution in [1.29, 1.82) is 0 Å². The number of fused-ring (bicyclic) bond motifs is 1. The van der Waals surface area contributed by atoms with Crippen molar-refractivity contribution >= 4 is 11.6 Å². The molecular formula is C16H22ClNO. The first-order valence-corrected chi connectivity index (χ1v) is 7.43. The minimum Gasteiger partial charge on any atom is -0.489 e. The normalized spacial score (nSPS) is 18.5. The van der Waals surface area contributed by atoms with Crippen molar-refractivity contribution < 1.29 is 4.74 Å². The number of halogens is 1. The molecule has 0 fully saturated rings. The van der Waals surface area contributed by atoms with Crippen LogP contribution >= 0.6 is 11.6 Å². The van der Waals surface area contributed by atoms with E-state index in [1.807, 2.05) is 6.92 Å². The van der Waals surface area contributed by atoms with Gasteiger partial charge in [0.15, 0.2) is 0 Å². The molecule has 0 saturated heterocycles. The molecule has 1 aliphatic carbocycles. The Morgan fingerprint density at radius 2 is 2.37 bits per heavy atom. The molecular weight excluding hydrogens is 258 g/mol. The van der Waals surface area contributed by atoms with E-state index < -0.39 is 0 Å². The lowest BCUT2D eigenvalue weighted by atomic mass is 10.1. The third-order valence-electron chi connectivity index (χ3n) is 3.49. The summed E-state index contributed by atoms with van der Waals surface area (Å²) in [6.45, 7) is 5.81. The minimum atomic E-state index is 0.522. The van der Waals surface area contributed by atoms with Crippen molar-refractivity contribution in [3.8, 4) is 5.75 Å². The molecule has 1 aliphatic rings. The maximum Gasteiger partial charge on any atom is 0.120 e. The third kappa shape index (κ3) is 3.74. The first-order chi connectivity index (χ1) is 9.24. The van der Waals surface area contributed by atoms with Gasteiger partial charge in [0.1, 0.15) is 12.4 Å². The zero-order valence-corrected chi connectivity index (χ0v) is 12.5. The van der Waals surface area contributed by atoms with E-state index in [4.69, 9.17) is 16.3 Å². The minimum absolute atomic E-state index is 0.522. The summed E-state index contributed by atoms with van der Waals surface area (Å²) in [6, 6.07) is 6.95. The highest BCUT2D eigenvalue weighted by Crippen LogP contribution is 2.33. The molecule has 0 aromatic heterocycles. The first kappa shape index (κ1) is 14.4. The van der Waals surface area contributed by atoms with Crippen LogP contribution in [0.3, 0.4) is 0 Å². The Bertz CT molecular complexity index is 456. The second kappa shape index (κ2) is 6.97. The number of ether oxygens (including phenoxy) is 1. The molecule has 1 aromatic rings. The molecule has 1 N–H and O–H groups in total. The number of hydrogen-bond donors (Lipinski definition) is 1. The topological polar surface area (TPSA) is 21.3 Å². The van der Waals surface area contributed by atoms with Crippen LogP contribution in [-0.2, 0) is 6.42 Å². The van der Waals surface area contributed by atoms with Crippen molar-refractivity contribution in [2.45, 2.75) is 39.2 Å². The van der Waals surface area contributed by atoms with Gasteiger partial charge >= 0.3 is 0 Å². The van der Waals surface area contributed by atoms with Crippen LogP contribution in [0, 0.1) is 0 Å². The smallest absolute Gasteiger partial charge is 0.120 e. The molecule has 1 unspecified atom stereocenters. The Labute approximate surface area is 120 Å². The van der Waals surface area contributed by atoms with Gasteiger partial charge in [0, 0.05) is 11.6 Å². The highest BCUT2D eigenvalue weighted by molar-refractivity contribution is 6.25. The average Bonchev–Trinajstić information content (AvgIpc) is 2.84. The predicted octanol–water partition coefficient (Wildman–Crippen LogP) is 4.19. The molecule has 0 spiro atoms. The highest BCUT2D eigenvalue weighted by Gasteiger charge is 2.21. The fourth-order valence-electron chi connectivity index (χ4n) is 2.44. The number of hydrogen-bond acceptors (Lipinski definition) is 2. The SMILES string of the molecule is CCCNC1CCc2cc(OC/C(C)=C/Cl)ccc21. The van der Waals surface area contributed by atoms with Gasteiger partial charge in [-0.1, -0.05) is 24.6 Å². The predicted molar refractivity (Wildman–Crippen MR) is 80.9 cm³/mol. The van der Waals surface area contributed by atoms with E-state index in [2.05, 4.69) is 30.4 Å². The number of aryl methyl sites for hydroxylation is 1. The van der Waals surface area contributed by atoms with E-state index in [-0.39, 0.29) is 0 Å². The van der Waals surface area contributed by atoms with Gasteiger partial charge in [-0.15, -0.1) is 0 Å². The van der Waals surface area contributed by atoms with Crippen LogP contribution in [-0.4, -0.2) is 13.2 Å². The number of benzene rings is 1. The Morgan fingerprint density at radius 3 is 3.11 bits per heavy atom. The molecule has 0 radical (unpaired) electrons. The highest BCUT2D eigenvalue weighted by atomic mass is 35.5. The van der Waals surface area contributed by atoms with Crippen LogP contribution in [0.4, 0.5) is 0 Å². The average molecular weight is 280 g/mol. The van der Waals surface area contributed by atoms with E-state index in [0.717, 1.165) is 24.3 Å². The molecule has 0 heterocycles. The molecule has 0 aliphatic heterocycles. The summed E-state index contributed by atoms with van der Waals surface area (Å²) in [5.74, 6) is 0.938. The van der Waals surface area contributed by atoms with Gasteiger partial charge in [-0.2, -0.15) is 0 Å². The van der Waals surface area contributed by atoms with Gasteiger partial charge in [-0.25, -0.2) is 0 Å². The van der Waals surface area contributed by atoms with E-state index >= 15 is 0 Å². The molecule has 3 heteroatoms. The molecule has 1 atom stereocenters. The fraction of sp³-hybridized carbons (Fsp3) is 0.500. The standard InChI is InChI=1S/C16H22ClNO/c1-3-8-18-16-7-4-13-9-14(5-6-15(13)16)19-11-12(2)10-17/h5-6,9-10,16,18H,3-4,7-8,11H2,1-2H3/b12-10+. The lowest BCUT2D eigenvalue weighted by molar-refractivity contribution is 0.352. The molecule has 1 aromatic carbocycles. The molecule has 0 saturated carbocycles. The van der Waals surface area contributed by atoms with Gasteiger partial charge in [-0.05, 0) is 61.6 Å². The third-order valence-corrected chi connectivity index (χ3v) is 3.86. The van der Waals surface area contributed by atoms with Crippen molar-refractivity contribution in [3.05, 3.63) is 40.4 Å². The Kier molecular flexibility index (Phi) is 5.29. The van der Waals surface area contributed by atoms with Gasteiger partial charge < -0.3 is 10.1 Å². The monoisotopic (exact) mass is 279 g/mol. The first-order valence-electron chi connectivity index (χ1n) is 6.99. The van der Waals surface area contributed by atoms with E-state index in [1.165, 1.54) is 24.0 Å². The summed E-state index contributed by atoms with van der Waals surface area (Å²) in [5.41, 5.74) is 5.45.